The van der Waals surface area contributed by atoms with Gasteiger partial charge in [-0.15, -0.1) is 0 Å². The normalized spacial score (nSPS) is 16.1. The minimum absolute atomic E-state index is 0.0571. The summed E-state index contributed by atoms with van der Waals surface area (Å²) in [6, 6.07) is 14.8. The smallest absolute Gasteiger partial charge is 0.286 e. The number of imide groups is 1. The van der Waals surface area contributed by atoms with Gasteiger partial charge in [-0.3, -0.25) is 24.3 Å². The molecule has 1 saturated heterocycles. The maximum Gasteiger partial charge on any atom is 0.286 e. The number of aryl methyl sites for hydroxylation is 1. The Balaban J connectivity index is 1.40. The third-order valence-electron chi connectivity index (χ3n) is 4.95. The van der Waals surface area contributed by atoms with Crippen molar-refractivity contribution in [3.05, 3.63) is 70.3 Å². The van der Waals surface area contributed by atoms with Crippen molar-refractivity contribution in [1.82, 2.24) is 14.9 Å². The van der Waals surface area contributed by atoms with Crippen molar-refractivity contribution in [3.63, 3.8) is 0 Å². The Morgan fingerprint density at radius 1 is 1.10 bits per heavy atom. The lowest BCUT2D eigenvalue weighted by molar-refractivity contribution is -0.118. The molecule has 1 aliphatic rings. The van der Waals surface area contributed by atoms with Crippen molar-refractivity contribution in [3.8, 4) is 5.75 Å². The molecule has 0 radical (unpaired) electrons. The van der Waals surface area contributed by atoms with Gasteiger partial charge in [0.25, 0.3) is 10.8 Å². The molecule has 2 amide bonds. The fourth-order valence-electron chi connectivity index (χ4n) is 3.43. The zero-order valence-corrected chi connectivity index (χ0v) is 17.3. The van der Waals surface area contributed by atoms with Crippen LogP contribution in [0.4, 0.5) is 4.79 Å². The number of carbonyl (C=O) groups excluding carboxylic acids is 2. The molecule has 0 spiro atoms. The molecule has 0 saturated carbocycles. The van der Waals surface area contributed by atoms with Gasteiger partial charge in [-0.25, -0.2) is 4.98 Å². The highest BCUT2D eigenvalue weighted by Crippen LogP contribution is 2.23. The van der Waals surface area contributed by atoms with Gasteiger partial charge in [-0.1, -0.05) is 43.0 Å². The van der Waals surface area contributed by atoms with Crippen LogP contribution in [0.1, 0.15) is 18.3 Å². The van der Waals surface area contributed by atoms with Crippen molar-refractivity contribution in [1.29, 1.82) is 0 Å². The summed E-state index contributed by atoms with van der Waals surface area (Å²) in [5.41, 5.74) is 1.61. The second-order valence-electron chi connectivity index (χ2n) is 6.94. The van der Waals surface area contributed by atoms with Gasteiger partial charge in [0.1, 0.15) is 18.2 Å². The number of nitrogens with zero attached hydrogens (tertiary/aromatic N) is 2. The van der Waals surface area contributed by atoms with Crippen LogP contribution < -0.4 is 15.6 Å². The molecule has 8 heteroatoms. The van der Waals surface area contributed by atoms with E-state index in [2.05, 4.69) is 10.3 Å². The molecule has 1 N–H and O–H groups in total. The van der Waals surface area contributed by atoms with E-state index in [4.69, 9.17) is 4.74 Å². The molecule has 7 nitrogen and oxygen atoms in total. The van der Waals surface area contributed by atoms with Gasteiger partial charge in [0.15, 0.2) is 0 Å². The summed E-state index contributed by atoms with van der Waals surface area (Å²) in [5, 5.41) is 2.22. The number of hydrogen-bond acceptors (Lipinski definition) is 6. The van der Waals surface area contributed by atoms with E-state index < -0.39 is 0 Å². The highest BCUT2D eigenvalue weighted by Gasteiger charge is 2.31. The first kappa shape index (κ1) is 20.2. The first-order valence-electron chi connectivity index (χ1n) is 9.77. The number of aromatic nitrogens is 2. The van der Waals surface area contributed by atoms with Gasteiger partial charge in [0, 0.05) is 6.42 Å². The molecule has 0 aliphatic carbocycles. The number of benzene rings is 2. The highest BCUT2D eigenvalue weighted by atomic mass is 32.2. The van der Waals surface area contributed by atoms with Crippen LogP contribution in [0.15, 0.2) is 53.3 Å². The number of para-hydroxylation sites is 1. The quantitative estimate of drug-likeness (QED) is 0.628. The first-order valence-corrected chi connectivity index (χ1v) is 10.6. The van der Waals surface area contributed by atoms with Gasteiger partial charge < -0.3 is 4.74 Å². The summed E-state index contributed by atoms with van der Waals surface area (Å²) in [5.74, 6) is 1.17. The third kappa shape index (κ3) is 4.23. The van der Waals surface area contributed by atoms with E-state index in [0.29, 0.717) is 42.6 Å². The molecule has 2 aromatic carbocycles. The number of thioether (sulfide) groups is 1. The van der Waals surface area contributed by atoms with Crippen molar-refractivity contribution in [2.24, 2.45) is 0 Å². The largest absolute Gasteiger partial charge is 0.492 e. The molecular weight excluding hydrogens is 402 g/mol. The van der Waals surface area contributed by atoms with Crippen LogP contribution in [0, 0.1) is 0 Å². The van der Waals surface area contributed by atoms with Crippen molar-refractivity contribution in [2.45, 2.75) is 31.6 Å². The van der Waals surface area contributed by atoms with Crippen LogP contribution in [-0.4, -0.2) is 32.6 Å². The molecule has 4 rings (SSSR count). The van der Waals surface area contributed by atoms with Crippen LogP contribution in [0.2, 0.25) is 0 Å². The van der Waals surface area contributed by atoms with Gasteiger partial charge in [-0.2, -0.15) is 0 Å². The maximum atomic E-state index is 12.8. The van der Waals surface area contributed by atoms with Crippen LogP contribution in [0.5, 0.6) is 5.75 Å². The zero-order chi connectivity index (χ0) is 21.1. The Morgan fingerprint density at radius 2 is 1.87 bits per heavy atom. The Morgan fingerprint density at radius 3 is 2.57 bits per heavy atom. The first-order chi connectivity index (χ1) is 14.5. The lowest BCUT2D eigenvalue weighted by atomic mass is 10.1. The minimum Gasteiger partial charge on any atom is -0.492 e. The number of nitrogens with one attached hydrogen (secondary N) is 1. The maximum absolute atomic E-state index is 12.8. The third-order valence-corrected chi connectivity index (χ3v) is 5.93. The van der Waals surface area contributed by atoms with E-state index in [1.165, 1.54) is 0 Å². The topological polar surface area (TPSA) is 90.3 Å². The second-order valence-corrected chi connectivity index (χ2v) is 8.11. The summed E-state index contributed by atoms with van der Waals surface area (Å²) in [6.45, 7) is 2.72. The summed E-state index contributed by atoms with van der Waals surface area (Å²) in [6.07, 6.45) is 1.14. The Kier molecular flexibility index (Phi) is 5.85. The fraction of sp³-hybridized carbons (Fsp3) is 0.273. The van der Waals surface area contributed by atoms with Crippen LogP contribution in [0.25, 0.3) is 10.9 Å². The summed E-state index contributed by atoms with van der Waals surface area (Å²) >= 11 is 1.02. The van der Waals surface area contributed by atoms with Gasteiger partial charge >= 0.3 is 0 Å². The van der Waals surface area contributed by atoms with Gasteiger partial charge in [-0.05, 0) is 36.2 Å². The predicted octanol–water partition coefficient (Wildman–Crippen LogP) is 2.93. The number of carbonyl (C=O) groups is 2. The number of ether oxygens (including phenoxy) is 1. The summed E-state index contributed by atoms with van der Waals surface area (Å²) in [4.78, 5) is 40.4. The number of hydrogen-bond donors (Lipinski definition) is 1. The molecule has 3 aromatic rings. The summed E-state index contributed by atoms with van der Waals surface area (Å²) in [7, 11) is 0. The van der Waals surface area contributed by atoms with E-state index in [9.17, 15) is 14.4 Å². The standard InChI is InChI=1S/C22H21N3O4S/c1-2-19-23-17-6-4-3-5-16(17)21(27)25(19)11-12-29-15-9-7-14(8-10-15)13-18-20(26)24-22(28)30-18/h3-10,18H,2,11-13H2,1H3,(H,24,26,28)/t18-/m0/s1. The van der Waals surface area contributed by atoms with Crippen molar-refractivity contribution >= 4 is 33.8 Å². The van der Waals surface area contributed by atoms with E-state index in [-0.39, 0.29) is 22.0 Å². The molecule has 2 heterocycles. The van der Waals surface area contributed by atoms with E-state index in [1.807, 2.05) is 49.4 Å². The lowest BCUT2D eigenvalue weighted by Gasteiger charge is -2.13. The Bertz CT molecular complexity index is 1160. The SMILES string of the molecule is CCc1nc2ccccc2c(=O)n1CCOc1ccc(C[C@@H]2SC(=O)NC2=O)cc1. The number of amides is 2. The highest BCUT2D eigenvalue weighted by molar-refractivity contribution is 8.15. The molecule has 0 unspecified atom stereocenters. The van der Waals surface area contributed by atoms with Gasteiger partial charge in [0.05, 0.1) is 22.7 Å². The van der Waals surface area contributed by atoms with E-state index >= 15 is 0 Å². The molecular formula is C22H21N3O4S. The molecule has 154 valence electrons. The average molecular weight is 423 g/mol. The van der Waals surface area contributed by atoms with E-state index in [0.717, 1.165) is 23.1 Å². The number of rotatable bonds is 7. The average Bonchev–Trinajstić information content (AvgIpc) is 3.07. The molecule has 0 bridgehead atoms. The van der Waals surface area contributed by atoms with Crippen LogP contribution in [0.3, 0.4) is 0 Å². The monoisotopic (exact) mass is 423 g/mol. The van der Waals surface area contributed by atoms with Crippen molar-refractivity contribution < 1.29 is 14.3 Å². The van der Waals surface area contributed by atoms with E-state index in [1.54, 1.807) is 10.6 Å². The molecule has 1 atom stereocenters. The Labute approximate surface area is 177 Å². The molecule has 1 aromatic heterocycles. The van der Waals surface area contributed by atoms with Crippen molar-refractivity contribution in [2.75, 3.05) is 6.61 Å². The number of fused-ring (bicyclic) bond motifs is 1. The lowest BCUT2D eigenvalue weighted by Crippen LogP contribution is -2.27. The predicted molar refractivity (Wildman–Crippen MR) is 116 cm³/mol. The minimum atomic E-state index is -0.385. The Hall–Kier alpha value is -3.13. The van der Waals surface area contributed by atoms with Gasteiger partial charge in [0.2, 0.25) is 5.91 Å². The molecule has 1 fully saturated rings. The molecule has 30 heavy (non-hydrogen) atoms. The zero-order valence-electron chi connectivity index (χ0n) is 16.5. The van der Waals surface area contributed by atoms with Crippen LogP contribution >= 0.6 is 11.8 Å². The fourth-order valence-corrected chi connectivity index (χ4v) is 4.29. The second kappa shape index (κ2) is 8.71. The molecule has 1 aliphatic heterocycles. The van der Waals surface area contributed by atoms with Crippen LogP contribution in [-0.2, 0) is 24.2 Å². The summed E-state index contributed by atoms with van der Waals surface area (Å²) < 4.78 is 7.48.